The minimum absolute atomic E-state index is 0.00728. The van der Waals surface area contributed by atoms with Crippen molar-refractivity contribution in [3.63, 3.8) is 0 Å². The molecule has 3 fully saturated rings. The van der Waals surface area contributed by atoms with Crippen LogP contribution in [-0.2, 0) is 44.8 Å². The van der Waals surface area contributed by atoms with Crippen molar-refractivity contribution < 1.29 is 42.6 Å². The molecule has 2 aromatic rings. The van der Waals surface area contributed by atoms with E-state index < -0.39 is 64.6 Å². The van der Waals surface area contributed by atoms with Gasteiger partial charge in [-0.1, -0.05) is 44.2 Å². The predicted molar refractivity (Wildman–Crippen MR) is 143 cm³/mol. The fourth-order valence-corrected chi connectivity index (χ4v) is 7.43. The maximum atomic E-state index is 14.1. The van der Waals surface area contributed by atoms with Crippen LogP contribution in [0.15, 0.2) is 53.3 Å². The second kappa shape index (κ2) is 11.1. The molecule has 1 aromatic heterocycles. The minimum atomic E-state index is -1.15. The van der Waals surface area contributed by atoms with E-state index >= 15 is 0 Å². The van der Waals surface area contributed by atoms with Gasteiger partial charge >= 0.3 is 17.9 Å². The van der Waals surface area contributed by atoms with E-state index in [9.17, 15) is 24.0 Å². The molecule has 0 radical (unpaired) electrons. The Balaban J connectivity index is 1.39. The number of hydrogen-bond acceptors (Lipinski definition) is 9. The number of Topliss-reactive ketones (excluding diaryl/α,β-unsaturated/α-hetero) is 1. The molecule has 10 nitrogen and oxygen atoms in total. The van der Waals surface area contributed by atoms with Crippen LogP contribution in [-0.4, -0.2) is 42.2 Å². The van der Waals surface area contributed by atoms with E-state index in [2.05, 4.69) is 5.32 Å². The molecule has 1 saturated heterocycles. The van der Waals surface area contributed by atoms with Crippen LogP contribution in [0.1, 0.15) is 63.7 Å². The number of nitrogens with one attached hydrogen (secondary N) is 1. The lowest BCUT2D eigenvalue weighted by atomic mass is 9.43. The topological polar surface area (TPSA) is 138 Å². The van der Waals surface area contributed by atoms with Gasteiger partial charge in [0.1, 0.15) is 19.3 Å². The second-order valence-corrected chi connectivity index (χ2v) is 11.9. The van der Waals surface area contributed by atoms with E-state index in [0.717, 1.165) is 5.56 Å². The molecular weight excluding hydrogens is 530 g/mol. The molecule has 0 spiro atoms. The van der Waals surface area contributed by atoms with Crippen molar-refractivity contribution >= 4 is 29.6 Å². The minimum Gasteiger partial charge on any atom is -0.472 e. The molecule has 218 valence electrons. The molecule has 0 unspecified atom stereocenters. The number of ketones is 1. The first kappa shape index (κ1) is 28.6. The van der Waals surface area contributed by atoms with Gasteiger partial charge in [0.25, 0.3) is 0 Å². The SMILES string of the molecule is CC(=O)O[C@H]1C[C@@H](C(=O)NCC(=O)OCc2ccccc2)[C@]2(C)CC[C@H]3C(=O)O[C@H](c4ccoc4)C[C@]3(C)[C@H]2C1=O. The van der Waals surface area contributed by atoms with Crippen LogP contribution >= 0.6 is 0 Å². The number of amides is 1. The van der Waals surface area contributed by atoms with Crippen molar-refractivity contribution in [2.45, 2.75) is 65.3 Å². The highest BCUT2D eigenvalue weighted by Crippen LogP contribution is 2.65. The smallest absolute Gasteiger partial charge is 0.325 e. The summed E-state index contributed by atoms with van der Waals surface area (Å²) in [5, 5.41) is 2.69. The molecule has 5 rings (SSSR count). The van der Waals surface area contributed by atoms with E-state index in [1.165, 1.54) is 19.5 Å². The lowest BCUT2D eigenvalue weighted by Gasteiger charge is -2.61. The standard InChI is InChI=1S/C31H35NO9/c1-18(33)40-23-13-22(28(36)32-15-25(34)39-16-19-7-5-4-6-8-19)30(2)11-9-21-29(37)41-24(20-10-12-38-17-20)14-31(21,3)27(30)26(23)35/h4-8,10,12,17,21-24,27H,9,11,13-16H2,1-3H3,(H,32,36)/t21-,22-,23-,24-,27-,30-,31-/m0/s1. The van der Waals surface area contributed by atoms with Gasteiger partial charge in [-0.25, -0.2) is 0 Å². The molecule has 1 amide bonds. The number of rotatable bonds is 7. The second-order valence-electron chi connectivity index (χ2n) is 11.9. The first-order chi connectivity index (χ1) is 19.5. The summed E-state index contributed by atoms with van der Waals surface area (Å²) in [6.45, 7) is 4.75. The largest absolute Gasteiger partial charge is 0.472 e. The Bertz CT molecular complexity index is 1320. The van der Waals surface area contributed by atoms with Crippen LogP contribution < -0.4 is 5.32 Å². The van der Waals surface area contributed by atoms with Gasteiger partial charge in [-0.3, -0.25) is 24.0 Å². The molecule has 41 heavy (non-hydrogen) atoms. The van der Waals surface area contributed by atoms with Crippen LogP contribution in [0.4, 0.5) is 0 Å². The summed E-state index contributed by atoms with van der Waals surface area (Å²) in [5.41, 5.74) is -0.209. The number of benzene rings is 1. The van der Waals surface area contributed by atoms with Gasteiger partial charge in [-0.15, -0.1) is 0 Å². The maximum Gasteiger partial charge on any atom is 0.325 e. The van der Waals surface area contributed by atoms with Gasteiger partial charge < -0.3 is 23.9 Å². The molecule has 2 aliphatic carbocycles. The van der Waals surface area contributed by atoms with E-state index in [1.807, 2.05) is 44.2 Å². The lowest BCUT2D eigenvalue weighted by Crippen LogP contribution is -2.65. The van der Waals surface area contributed by atoms with Gasteiger partial charge in [0, 0.05) is 30.7 Å². The molecule has 1 N–H and O–H groups in total. The summed E-state index contributed by atoms with van der Waals surface area (Å²) in [4.78, 5) is 65.4. The summed E-state index contributed by atoms with van der Waals surface area (Å²) < 4.78 is 21.7. The van der Waals surface area contributed by atoms with Gasteiger partial charge in [0.05, 0.1) is 18.4 Å². The van der Waals surface area contributed by atoms with E-state index in [-0.39, 0.29) is 25.4 Å². The monoisotopic (exact) mass is 565 g/mol. The Labute approximate surface area is 238 Å². The quantitative estimate of drug-likeness (QED) is 0.393. The Morgan fingerprint density at radius 1 is 1.07 bits per heavy atom. The van der Waals surface area contributed by atoms with Crippen LogP contribution in [0.5, 0.6) is 0 Å². The summed E-state index contributed by atoms with van der Waals surface area (Å²) in [5.74, 6) is -4.41. The van der Waals surface area contributed by atoms with E-state index in [4.69, 9.17) is 18.6 Å². The summed E-state index contributed by atoms with van der Waals surface area (Å²) >= 11 is 0. The van der Waals surface area contributed by atoms with Crippen LogP contribution in [0.2, 0.25) is 0 Å². The Hall–Kier alpha value is -3.95. The molecule has 2 heterocycles. The molecular formula is C31H35NO9. The fourth-order valence-electron chi connectivity index (χ4n) is 7.43. The number of carbonyl (C=O) groups excluding carboxylic acids is 5. The van der Waals surface area contributed by atoms with Crippen molar-refractivity contribution in [2.75, 3.05) is 6.54 Å². The highest BCUT2D eigenvalue weighted by atomic mass is 16.6. The number of hydrogen-bond donors (Lipinski definition) is 1. The van der Waals surface area contributed by atoms with Gasteiger partial charge in [0.2, 0.25) is 5.91 Å². The number of ether oxygens (including phenoxy) is 3. The van der Waals surface area contributed by atoms with Crippen LogP contribution in [0.3, 0.4) is 0 Å². The highest BCUT2D eigenvalue weighted by molar-refractivity contribution is 5.94. The average Bonchev–Trinajstić information content (AvgIpc) is 3.47. The number of furan rings is 1. The third-order valence-electron chi connectivity index (χ3n) is 9.29. The number of esters is 3. The molecule has 3 aliphatic rings. The van der Waals surface area contributed by atoms with Crippen molar-refractivity contribution in [1.29, 1.82) is 0 Å². The first-order valence-electron chi connectivity index (χ1n) is 13.9. The number of fused-ring (bicyclic) bond motifs is 3. The summed E-state index contributed by atoms with van der Waals surface area (Å²) in [6, 6.07) is 10.9. The van der Waals surface area contributed by atoms with Crippen molar-refractivity contribution in [2.24, 2.45) is 28.6 Å². The summed E-state index contributed by atoms with van der Waals surface area (Å²) in [7, 11) is 0. The molecule has 0 bridgehead atoms. The zero-order chi connectivity index (χ0) is 29.4. The fraction of sp³-hybridized carbons (Fsp3) is 0.516. The highest BCUT2D eigenvalue weighted by Gasteiger charge is 2.67. The first-order valence-corrected chi connectivity index (χ1v) is 13.9. The van der Waals surface area contributed by atoms with Gasteiger partial charge in [-0.05, 0) is 41.7 Å². The van der Waals surface area contributed by atoms with Crippen molar-refractivity contribution in [3.8, 4) is 0 Å². The Morgan fingerprint density at radius 2 is 1.83 bits per heavy atom. The van der Waals surface area contributed by atoms with E-state index in [0.29, 0.717) is 24.8 Å². The molecule has 1 aromatic carbocycles. The number of carbonyl (C=O) groups is 5. The van der Waals surface area contributed by atoms with Gasteiger partial charge in [-0.2, -0.15) is 0 Å². The third kappa shape index (κ3) is 5.39. The Morgan fingerprint density at radius 3 is 2.51 bits per heavy atom. The normalized spacial score (nSPS) is 32.6. The van der Waals surface area contributed by atoms with E-state index in [1.54, 1.807) is 6.07 Å². The summed E-state index contributed by atoms with van der Waals surface area (Å²) in [6.07, 6.45) is 2.45. The zero-order valence-electron chi connectivity index (χ0n) is 23.4. The number of cyclic esters (lactones) is 1. The molecule has 1 aliphatic heterocycles. The molecule has 2 saturated carbocycles. The molecule has 7 atom stereocenters. The van der Waals surface area contributed by atoms with Gasteiger partial charge in [0.15, 0.2) is 11.9 Å². The maximum absolute atomic E-state index is 14.1. The van der Waals surface area contributed by atoms with Crippen molar-refractivity contribution in [1.82, 2.24) is 5.32 Å². The Kier molecular flexibility index (Phi) is 7.76. The molecule has 10 heteroatoms. The third-order valence-corrected chi connectivity index (χ3v) is 9.29. The van der Waals surface area contributed by atoms with Crippen molar-refractivity contribution in [3.05, 3.63) is 60.1 Å². The lowest BCUT2D eigenvalue weighted by molar-refractivity contribution is -0.207. The zero-order valence-corrected chi connectivity index (χ0v) is 23.4. The van der Waals surface area contributed by atoms with Crippen LogP contribution in [0, 0.1) is 28.6 Å². The van der Waals surface area contributed by atoms with Crippen LogP contribution in [0.25, 0.3) is 0 Å². The average molecular weight is 566 g/mol. The predicted octanol–water partition coefficient (Wildman–Crippen LogP) is 3.69.